The van der Waals surface area contributed by atoms with Crippen LogP contribution in [0.1, 0.15) is 75.0 Å². The van der Waals surface area contributed by atoms with Crippen molar-refractivity contribution in [3.63, 3.8) is 0 Å². The highest BCUT2D eigenvalue weighted by molar-refractivity contribution is 5.80. The summed E-state index contributed by atoms with van der Waals surface area (Å²) < 4.78 is 0. The molecule has 0 radical (unpaired) electrons. The average molecular weight is 384 g/mol. The molecule has 5 heteroatoms. The number of fused-ring (bicyclic) bond motifs is 1. The molecule has 1 aromatic rings. The quantitative estimate of drug-likeness (QED) is 0.831. The van der Waals surface area contributed by atoms with Crippen LogP contribution in [0.2, 0.25) is 0 Å². The zero-order valence-corrected chi connectivity index (χ0v) is 16.8. The van der Waals surface area contributed by atoms with Crippen LogP contribution in [0.4, 0.5) is 4.79 Å². The van der Waals surface area contributed by atoms with Crippen LogP contribution in [0.25, 0.3) is 0 Å². The van der Waals surface area contributed by atoms with E-state index in [4.69, 9.17) is 0 Å². The average Bonchev–Trinajstić information content (AvgIpc) is 2.75. The van der Waals surface area contributed by atoms with Crippen LogP contribution >= 0.6 is 0 Å². The number of likely N-dealkylation sites (tertiary alicyclic amines) is 1. The van der Waals surface area contributed by atoms with Gasteiger partial charge < -0.3 is 15.5 Å². The van der Waals surface area contributed by atoms with E-state index in [0.717, 1.165) is 44.9 Å². The number of nitrogens with one attached hydrogen (secondary N) is 2. The molecule has 3 amide bonds. The minimum Gasteiger partial charge on any atom is -0.349 e. The Morgan fingerprint density at radius 3 is 2.39 bits per heavy atom. The van der Waals surface area contributed by atoms with Gasteiger partial charge in [0.25, 0.3) is 0 Å². The first-order chi connectivity index (χ1) is 13.7. The van der Waals surface area contributed by atoms with Gasteiger partial charge in [0.2, 0.25) is 5.91 Å². The SMILES string of the molecule is O=C(NC1CCCc2ccccc21)C1CCN(C(=O)NC2CCCCC2)CC1. The molecular formula is C23H33N3O2. The zero-order valence-electron chi connectivity index (χ0n) is 16.8. The van der Waals surface area contributed by atoms with Crippen molar-refractivity contribution in [1.29, 1.82) is 0 Å². The van der Waals surface area contributed by atoms with E-state index in [1.807, 2.05) is 4.90 Å². The Morgan fingerprint density at radius 1 is 0.857 bits per heavy atom. The van der Waals surface area contributed by atoms with E-state index >= 15 is 0 Å². The minimum absolute atomic E-state index is 0.0211. The molecule has 152 valence electrons. The van der Waals surface area contributed by atoms with Crippen molar-refractivity contribution >= 4 is 11.9 Å². The molecule has 1 aliphatic heterocycles. The molecule has 2 aliphatic carbocycles. The molecule has 0 bridgehead atoms. The molecule has 1 saturated carbocycles. The highest BCUT2D eigenvalue weighted by Gasteiger charge is 2.30. The molecule has 28 heavy (non-hydrogen) atoms. The second kappa shape index (κ2) is 8.97. The second-order valence-corrected chi connectivity index (χ2v) is 8.70. The van der Waals surface area contributed by atoms with Crippen LogP contribution in [-0.4, -0.2) is 36.0 Å². The Morgan fingerprint density at radius 2 is 1.61 bits per heavy atom. The first-order valence-corrected chi connectivity index (χ1v) is 11.1. The number of benzene rings is 1. The maximum atomic E-state index is 12.8. The highest BCUT2D eigenvalue weighted by Crippen LogP contribution is 2.30. The number of carbonyl (C=O) groups is 2. The molecule has 0 spiro atoms. The molecule has 0 aromatic heterocycles. The smallest absolute Gasteiger partial charge is 0.317 e. The standard InChI is InChI=1S/C23H33N3O2/c27-22(25-21-12-6-8-17-7-4-5-11-20(17)21)18-13-15-26(16-14-18)23(28)24-19-9-2-1-3-10-19/h4-5,7,11,18-19,21H,1-3,6,8-10,12-16H2,(H,24,28)(H,25,27). The fraction of sp³-hybridized carbons (Fsp3) is 0.652. The second-order valence-electron chi connectivity index (χ2n) is 8.70. The van der Waals surface area contributed by atoms with Crippen molar-refractivity contribution in [1.82, 2.24) is 15.5 Å². The van der Waals surface area contributed by atoms with E-state index in [0.29, 0.717) is 19.1 Å². The lowest BCUT2D eigenvalue weighted by Crippen LogP contribution is -2.50. The fourth-order valence-corrected chi connectivity index (χ4v) is 5.05. The summed E-state index contributed by atoms with van der Waals surface area (Å²) in [5.41, 5.74) is 2.65. The van der Waals surface area contributed by atoms with Crippen LogP contribution < -0.4 is 10.6 Å². The lowest BCUT2D eigenvalue weighted by molar-refractivity contribution is -0.127. The summed E-state index contributed by atoms with van der Waals surface area (Å²) in [7, 11) is 0. The van der Waals surface area contributed by atoms with Gasteiger partial charge in [-0.05, 0) is 56.1 Å². The van der Waals surface area contributed by atoms with Gasteiger partial charge in [0, 0.05) is 25.0 Å². The van der Waals surface area contributed by atoms with Crippen molar-refractivity contribution in [3.05, 3.63) is 35.4 Å². The molecule has 5 nitrogen and oxygen atoms in total. The van der Waals surface area contributed by atoms with Gasteiger partial charge >= 0.3 is 6.03 Å². The third kappa shape index (κ3) is 4.50. The van der Waals surface area contributed by atoms with Crippen LogP contribution in [0.3, 0.4) is 0 Å². The number of hydrogen-bond donors (Lipinski definition) is 2. The predicted molar refractivity (Wildman–Crippen MR) is 110 cm³/mol. The lowest BCUT2D eigenvalue weighted by atomic mass is 9.87. The number of urea groups is 1. The normalized spacial score (nSPS) is 23.7. The molecule has 1 heterocycles. The Labute approximate surface area is 168 Å². The summed E-state index contributed by atoms with van der Waals surface area (Å²) in [5.74, 6) is 0.182. The van der Waals surface area contributed by atoms with Crippen molar-refractivity contribution in [3.8, 4) is 0 Å². The van der Waals surface area contributed by atoms with Gasteiger partial charge in [-0.3, -0.25) is 4.79 Å². The number of carbonyl (C=O) groups excluding carboxylic acids is 2. The molecule has 1 atom stereocenters. The van der Waals surface area contributed by atoms with Crippen molar-refractivity contribution in [2.24, 2.45) is 5.92 Å². The Balaban J connectivity index is 1.26. The number of aryl methyl sites for hydroxylation is 1. The van der Waals surface area contributed by atoms with E-state index in [-0.39, 0.29) is 23.9 Å². The predicted octanol–water partition coefficient (Wildman–Crippen LogP) is 3.93. The van der Waals surface area contributed by atoms with Crippen molar-refractivity contribution in [2.75, 3.05) is 13.1 Å². The van der Waals surface area contributed by atoms with E-state index in [9.17, 15) is 9.59 Å². The maximum Gasteiger partial charge on any atom is 0.317 e. The van der Waals surface area contributed by atoms with Crippen LogP contribution in [0.5, 0.6) is 0 Å². The first-order valence-electron chi connectivity index (χ1n) is 11.1. The minimum atomic E-state index is 0.0211. The Kier molecular flexibility index (Phi) is 6.18. The van der Waals surface area contributed by atoms with Crippen LogP contribution in [-0.2, 0) is 11.2 Å². The maximum absolute atomic E-state index is 12.8. The fourth-order valence-electron chi connectivity index (χ4n) is 5.05. The molecule has 1 saturated heterocycles. The number of nitrogens with zero attached hydrogens (tertiary/aromatic N) is 1. The molecule has 4 rings (SSSR count). The van der Waals surface area contributed by atoms with E-state index in [1.54, 1.807) is 0 Å². The highest BCUT2D eigenvalue weighted by atomic mass is 16.2. The van der Waals surface area contributed by atoms with Gasteiger partial charge in [-0.15, -0.1) is 0 Å². The van der Waals surface area contributed by atoms with Gasteiger partial charge in [-0.2, -0.15) is 0 Å². The summed E-state index contributed by atoms with van der Waals surface area (Å²) in [6.07, 6.45) is 10.7. The largest absolute Gasteiger partial charge is 0.349 e. The van der Waals surface area contributed by atoms with Crippen LogP contribution in [0, 0.1) is 5.92 Å². The third-order valence-electron chi connectivity index (χ3n) is 6.77. The van der Waals surface area contributed by atoms with Crippen LogP contribution in [0.15, 0.2) is 24.3 Å². The van der Waals surface area contributed by atoms with Crippen molar-refractivity contribution in [2.45, 2.75) is 76.3 Å². The molecule has 3 aliphatic rings. The van der Waals surface area contributed by atoms with Gasteiger partial charge in [-0.25, -0.2) is 4.79 Å². The monoisotopic (exact) mass is 383 g/mol. The van der Waals surface area contributed by atoms with E-state index in [2.05, 4.69) is 34.9 Å². The zero-order chi connectivity index (χ0) is 19.3. The van der Waals surface area contributed by atoms with Gasteiger partial charge in [0.05, 0.1) is 6.04 Å². The topological polar surface area (TPSA) is 61.4 Å². The summed E-state index contributed by atoms with van der Waals surface area (Å²) in [5, 5.41) is 6.49. The van der Waals surface area contributed by atoms with Crippen molar-refractivity contribution < 1.29 is 9.59 Å². The summed E-state index contributed by atoms with van der Waals surface area (Å²) >= 11 is 0. The van der Waals surface area contributed by atoms with Gasteiger partial charge in [-0.1, -0.05) is 43.5 Å². The molecule has 2 fully saturated rings. The lowest BCUT2D eigenvalue weighted by Gasteiger charge is -2.34. The molecular weight excluding hydrogens is 350 g/mol. The number of piperidine rings is 1. The summed E-state index contributed by atoms with van der Waals surface area (Å²) in [4.78, 5) is 27.2. The molecule has 1 aromatic carbocycles. The number of hydrogen-bond acceptors (Lipinski definition) is 2. The van der Waals surface area contributed by atoms with Gasteiger partial charge in [0.15, 0.2) is 0 Å². The Hall–Kier alpha value is -2.04. The van der Waals surface area contributed by atoms with E-state index in [1.165, 1.54) is 30.4 Å². The van der Waals surface area contributed by atoms with E-state index < -0.39 is 0 Å². The van der Waals surface area contributed by atoms with Gasteiger partial charge in [0.1, 0.15) is 0 Å². The summed E-state index contributed by atoms with van der Waals surface area (Å²) in [6, 6.07) is 9.02. The molecule has 1 unspecified atom stereocenters. The Bertz CT molecular complexity index is 691. The number of amides is 3. The first kappa shape index (κ1) is 19.3. The third-order valence-corrected chi connectivity index (χ3v) is 6.77. The number of rotatable bonds is 3. The molecule has 2 N–H and O–H groups in total. The summed E-state index contributed by atoms with van der Waals surface area (Å²) in [6.45, 7) is 1.36.